The molecule has 0 radical (unpaired) electrons. The minimum Gasteiger partial charge on any atom is -0.494 e. The van der Waals surface area contributed by atoms with Crippen molar-refractivity contribution in [3.63, 3.8) is 0 Å². The van der Waals surface area contributed by atoms with Gasteiger partial charge in [0, 0.05) is 11.7 Å². The van der Waals surface area contributed by atoms with Gasteiger partial charge in [0.05, 0.1) is 6.61 Å². The molecule has 5 nitrogen and oxygen atoms in total. The average molecular weight is 339 g/mol. The number of anilines is 1. The second-order valence-corrected chi connectivity index (χ2v) is 6.50. The van der Waals surface area contributed by atoms with Crippen LogP contribution in [0.25, 0.3) is 0 Å². The van der Waals surface area contributed by atoms with Crippen LogP contribution in [0.15, 0.2) is 42.5 Å². The molecule has 1 saturated heterocycles. The summed E-state index contributed by atoms with van der Waals surface area (Å²) in [4.78, 5) is 12.5. The van der Waals surface area contributed by atoms with Crippen molar-refractivity contribution in [2.24, 2.45) is 0 Å². The second-order valence-electron chi connectivity index (χ2n) is 6.50. The van der Waals surface area contributed by atoms with E-state index in [-0.39, 0.29) is 18.0 Å². The first-order valence-electron chi connectivity index (χ1n) is 8.68. The minimum atomic E-state index is -0.266. The summed E-state index contributed by atoms with van der Waals surface area (Å²) in [5.74, 6) is 0.840. The molecule has 5 heteroatoms. The highest BCUT2D eigenvalue weighted by Gasteiger charge is 2.30. The van der Waals surface area contributed by atoms with Gasteiger partial charge in [-0.15, -0.1) is 0 Å². The fourth-order valence-corrected chi connectivity index (χ4v) is 3.19. The fourth-order valence-electron chi connectivity index (χ4n) is 3.19. The van der Waals surface area contributed by atoms with Crippen LogP contribution < -0.4 is 20.9 Å². The third-order valence-corrected chi connectivity index (χ3v) is 4.30. The van der Waals surface area contributed by atoms with Crippen molar-refractivity contribution in [2.75, 3.05) is 11.9 Å². The van der Waals surface area contributed by atoms with E-state index in [0.29, 0.717) is 13.0 Å². The molecule has 3 rings (SSSR count). The maximum Gasteiger partial charge on any atom is 0.242 e. The smallest absolute Gasteiger partial charge is 0.242 e. The molecular formula is C20H25N3O2. The van der Waals surface area contributed by atoms with Gasteiger partial charge in [0.15, 0.2) is 0 Å². The van der Waals surface area contributed by atoms with Gasteiger partial charge in [-0.2, -0.15) is 0 Å². The average Bonchev–Trinajstić information content (AvgIpc) is 3.05. The SMILES string of the molecule is CCOc1ccc(C2CC(C(=O)Nc3cc(C)cc(C)c3)NN2)cc1. The van der Waals surface area contributed by atoms with Gasteiger partial charge in [-0.1, -0.05) is 18.2 Å². The van der Waals surface area contributed by atoms with Crippen LogP contribution in [0.5, 0.6) is 5.75 Å². The maximum atomic E-state index is 12.5. The quantitative estimate of drug-likeness (QED) is 0.782. The molecule has 2 unspecified atom stereocenters. The number of hydrogen-bond donors (Lipinski definition) is 3. The monoisotopic (exact) mass is 339 g/mol. The zero-order valence-electron chi connectivity index (χ0n) is 14.9. The van der Waals surface area contributed by atoms with Crippen LogP contribution in [0.2, 0.25) is 0 Å². The van der Waals surface area contributed by atoms with Crippen molar-refractivity contribution in [1.82, 2.24) is 10.9 Å². The highest BCUT2D eigenvalue weighted by Crippen LogP contribution is 2.25. The lowest BCUT2D eigenvalue weighted by atomic mass is 10.0. The van der Waals surface area contributed by atoms with E-state index in [4.69, 9.17) is 4.74 Å². The number of hydrogen-bond acceptors (Lipinski definition) is 4. The summed E-state index contributed by atoms with van der Waals surface area (Å²) in [7, 11) is 0. The summed E-state index contributed by atoms with van der Waals surface area (Å²) in [6.45, 7) is 6.68. The predicted octanol–water partition coefficient (Wildman–Crippen LogP) is 3.25. The van der Waals surface area contributed by atoms with E-state index in [1.807, 2.05) is 57.2 Å². The molecule has 0 spiro atoms. The molecule has 0 aliphatic carbocycles. The Bertz CT molecular complexity index is 723. The standard InChI is InChI=1S/C20H25N3O2/c1-4-25-17-7-5-15(6-8-17)18-12-19(23-22-18)20(24)21-16-10-13(2)9-14(3)11-16/h5-11,18-19,22-23H,4,12H2,1-3H3,(H,21,24). The number of carbonyl (C=O) groups is 1. The predicted molar refractivity (Wildman–Crippen MR) is 99.6 cm³/mol. The second kappa shape index (κ2) is 7.68. The molecule has 3 N–H and O–H groups in total. The molecule has 132 valence electrons. The van der Waals surface area contributed by atoms with Gasteiger partial charge in [0.1, 0.15) is 11.8 Å². The lowest BCUT2D eigenvalue weighted by molar-refractivity contribution is -0.117. The Kier molecular flexibility index (Phi) is 5.36. The van der Waals surface area contributed by atoms with Gasteiger partial charge in [0.25, 0.3) is 0 Å². The molecule has 1 heterocycles. The van der Waals surface area contributed by atoms with E-state index in [1.165, 1.54) is 0 Å². The fraction of sp³-hybridized carbons (Fsp3) is 0.350. The van der Waals surface area contributed by atoms with Gasteiger partial charge in [-0.25, -0.2) is 10.9 Å². The third kappa shape index (κ3) is 4.38. The Labute approximate surface area is 148 Å². The lowest BCUT2D eigenvalue weighted by Gasteiger charge is -2.12. The zero-order valence-corrected chi connectivity index (χ0v) is 14.9. The van der Waals surface area contributed by atoms with Crippen molar-refractivity contribution in [3.8, 4) is 5.75 Å². The van der Waals surface area contributed by atoms with E-state index in [9.17, 15) is 4.79 Å². The molecule has 1 aliphatic heterocycles. The lowest BCUT2D eigenvalue weighted by Crippen LogP contribution is -2.39. The number of nitrogens with one attached hydrogen (secondary N) is 3. The molecule has 0 aromatic heterocycles. The van der Waals surface area contributed by atoms with Gasteiger partial charge >= 0.3 is 0 Å². The van der Waals surface area contributed by atoms with Crippen LogP contribution >= 0.6 is 0 Å². The van der Waals surface area contributed by atoms with E-state index in [0.717, 1.165) is 28.1 Å². The summed E-state index contributed by atoms with van der Waals surface area (Å²) < 4.78 is 5.47. The van der Waals surface area contributed by atoms with Crippen molar-refractivity contribution >= 4 is 11.6 Å². The summed E-state index contributed by atoms with van der Waals surface area (Å²) in [6.07, 6.45) is 0.699. The molecule has 1 fully saturated rings. The first-order valence-corrected chi connectivity index (χ1v) is 8.68. The van der Waals surface area contributed by atoms with Crippen LogP contribution in [-0.2, 0) is 4.79 Å². The van der Waals surface area contributed by atoms with Gasteiger partial charge < -0.3 is 10.1 Å². The van der Waals surface area contributed by atoms with Crippen molar-refractivity contribution in [2.45, 2.75) is 39.3 Å². The maximum absolute atomic E-state index is 12.5. The highest BCUT2D eigenvalue weighted by atomic mass is 16.5. The molecular weight excluding hydrogens is 314 g/mol. The van der Waals surface area contributed by atoms with Crippen LogP contribution in [0, 0.1) is 13.8 Å². The van der Waals surface area contributed by atoms with Gasteiger partial charge in [0.2, 0.25) is 5.91 Å². The topological polar surface area (TPSA) is 62.4 Å². The van der Waals surface area contributed by atoms with Crippen LogP contribution in [0.3, 0.4) is 0 Å². The molecule has 0 bridgehead atoms. The van der Waals surface area contributed by atoms with E-state index < -0.39 is 0 Å². The van der Waals surface area contributed by atoms with Gasteiger partial charge in [-0.3, -0.25) is 4.79 Å². The minimum absolute atomic E-state index is 0.0223. The number of hydrazine groups is 1. The molecule has 2 aromatic rings. The molecule has 2 atom stereocenters. The number of carbonyl (C=O) groups excluding carboxylic acids is 1. The van der Waals surface area contributed by atoms with E-state index in [1.54, 1.807) is 0 Å². The molecule has 2 aromatic carbocycles. The Morgan fingerprint density at radius 3 is 2.44 bits per heavy atom. The Morgan fingerprint density at radius 2 is 1.80 bits per heavy atom. The number of ether oxygens (including phenoxy) is 1. The van der Waals surface area contributed by atoms with Crippen molar-refractivity contribution < 1.29 is 9.53 Å². The molecule has 1 aliphatic rings. The Hall–Kier alpha value is -2.37. The van der Waals surface area contributed by atoms with Crippen molar-refractivity contribution in [3.05, 3.63) is 59.2 Å². The van der Waals surface area contributed by atoms with Crippen LogP contribution in [-0.4, -0.2) is 18.6 Å². The van der Waals surface area contributed by atoms with Gasteiger partial charge in [-0.05, 0) is 68.1 Å². The first kappa shape index (κ1) is 17.5. The summed E-state index contributed by atoms with van der Waals surface area (Å²) in [6, 6.07) is 13.9. The zero-order chi connectivity index (χ0) is 17.8. The highest BCUT2D eigenvalue weighted by molar-refractivity contribution is 5.95. The molecule has 1 amide bonds. The number of benzene rings is 2. The normalized spacial score (nSPS) is 19.6. The summed E-state index contributed by atoms with van der Waals surface area (Å²) in [5.41, 5.74) is 10.6. The van der Waals surface area contributed by atoms with Crippen LogP contribution in [0.1, 0.15) is 36.1 Å². The number of aryl methyl sites for hydroxylation is 2. The number of rotatable bonds is 5. The summed E-state index contributed by atoms with van der Waals surface area (Å²) in [5, 5.41) is 3.00. The Morgan fingerprint density at radius 1 is 1.12 bits per heavy atom. The number of amides is 1. The van der Waals surface area contributed by atoms with E-state index >= 15 is 0 Å². The first-order chi connectivity index (χ1) is 12.0. The van der Waals surface area contributed by atoms with Crippen LogP contribution in [0.4, 0.5) is 5.69 Å². The molecule has 25 heavy (non-hydrogen) atoms. The summed E-state index contributed by atoms with van der Waals surface area (Å²) >= 11 is 0. The third-order valence-electron chi connectivity index (χ3n) is 4.30. The van der Waals surface area contributed by atoms with E-state index in [2.05, 4.69) is 22.2 Å². The largest absolute Gasteiger partial charge is 0.494 e. The molecule has 0 saturated carbocycles. The van der Waals surface area contributed by atoms with Crippen molar-refractivity contribution in [1.29, 1.82) is 0 Å². The Balaban J connectivity index is 1.60.